The summed E-state index contributed by atoms with van der Waals surface area (Å²) in [5.74, 6) is 2.30. The number of likely N-dealkylation sites (N-methyl/N-ethyl adjacent to an activating group) is 1. The van der Waals surface area contributed by atoms with Gasteiger partial charge in [-0.2, -0.15) is 5.10 Å². The third-order valence-corrected chi connectivity index (χ3v) is 6.36. The number of hydrogen-bond acceptors (Lipinski definition) is 8. The van der Waals surface area contributed by atoms with Gasteiger partial charge in [-0.15, -0.1) is 0 Å². The maximum absolute atomic E-state index is 12.2. The highest BCUT2D eigenvalue weighted by molar-refractivity contribution is 7.99. The number of nitrogens with zero attached hydrogens (tertiary/aromatic N) is 5. The van der Waals surface area contributed by atoms with Crippen LogP contribution >= 0.6 is 11.8 Å². The summed E-state index contributed by atoms with van der Waals surface area (Å²) in [5.41, 5.74) is 1.30. The van der Waals surface area contributed by atoms with E-state index in [1.807, 2.05) is 64.1 Å². The Balaban J connectivity index is 1.54. The van der Waals surface area contributed by atoms with Crippen LogP contribution in [0.1, 0.15) is 26.5 Å². The largest absolute Gasteiger partial charge is 0.354 e. The first-order chi connectivity index (χ1) is 16.2. The van der Waals surface area contributed by atoms with Gasteiger partial charge >= 0.3 is 0 Å². The molecule has 0 saturated carbocycles. The Morgan fingerprint density at radius 3 is 2.35 bits per heavy atom. The molecular weight excluding hydrogens is 448 g/mol. The Morgan fingerprint density at radius 2 is 1.74 bits per heavy atom. The van der Waals surface area contributed by atoms with E-state index in [0.29, 0.717) is 11.0 Å². The first-order valence-corrected chi connectivity index (χ1v) is 12.2. The highest BCUT2D eigenvalue weighted by Crippen LogP contribution is 2.30. The van der Waals surface area contributed by atoms with Crippen LogP contribution in [0.2, 0.25) is 0 Å². The molecule has 3 N–H and O–H groups in total. The maximum Gasteiger partial charge on any atom is 0.229 e. The van der Waals surface area contributed by atoms with Gasteiger partial charge in [-0.25, -0.2) is 9.97 Å². The van der Waals surface area contributed by atoms with Crippen LogP contribution in [0.3, 0.4) is 0 Å². The Bertz CT molecular complexity index is 1130. The molecule has 9 nitrogen and oxygen atoms in total. The van der Waals surface area contributed by atoms with Crippen molar-refractivity contribution in [2.75, 3.05) is 48.8 Å². The van der Waals surface area contributed by atoms with Crippen molar-refractivity contribution in [1.29, 1.82) is 0 Å². The number of aromatic amines is 1. The van der Waals surface area contributed by atoms with E-state index in [9.17, 15) is 4.79 Å². The standard InChI is InChI=1S/C24H32N8OS/c1-16-14-20(30-29-16)26-19-15-21(32-12-10-31(5)11-13-32)28-23(27-19)34-18-8-6-17(7-9-18)25-22(33)24(2,3)4/h6-9,14-15H,10-13H2,1-5H3,(H,25,33)(H2,26,27,28,29,30). The molecule has 0 bridgehead atoms. The van der Waals surface area contributed by atoms with Crippen molar-refractivity contribution in [2.45, 2.75) is 37.7 Å². The van der Waals surface area contributed by atoms with Crippen LogP contribution in [0, 0.1) is 12.3 Å². The van der Waals surface area contributed by atoms with Crippen molar-refractivity contribution in [2.24, 2.45) is 5.41 Å². The zero-order valence-electron chi connectivity index (χ0n) is 20.3. The van der Waals surface area contributed by atoms with Crippen molar-refractivity contribution in [3.63, 3.8) is 0 Å². The van der Waals surface area contributed by atoms with Crippen LogP contribution in [0.4, 0.5) is 23.1 Å². The predicted octanol–water partition coefficient (Wildman–Crippen LogP) is 4.14. The average Bonchev–Trinajstić information content (AvgIpc) is 3.19. The summed E-state index contributed by atoms with van der Waals surface area (Å²) in [7, 11) is 2.14. The number of amides is 1. The lowest BCUT2D eigenvalue weighted by Gasteiger charge is -2.33. The number of carbonyl (C=O) groups is 1. The predicted molar refractivity (Wildman–Crippen MR) is 137 cm³/mol. The average molecular weight is 481 g/mol. The third kappa shape index (κ3) is 6.27. The van der Waals surface area contributed by atoms with Gasteiger partial charge in [-0.05, 0) is 50.0 Å². The smallest absolute Gasteiger partial charge is 0.229 e. The van der Waals surface area contributed by atoms with E-state index in [2.05, 4.69) is 37.7 Å². The summed E-state index contributed by atoms with van der Waals surface area (Å²) in [6.07, 6.45) is 0. The van der Waals surface area contributed by atoms with Crippen LogP contribution in [-0.2, 0) is 4.79 Å². The number of aromatic nitrogens is 4. The Hall–Kier alpha value is -3.11. The minimum absolute atomic E-state index is 0.0135. The van der Waals surface area contributed by atoms with Crippen LogP contribution in [0.5, 0.6) is 0 Å². The van der Waals surface area contributed by atoms with E-state index in [4.69, 9.17) is 9.97 Å². The number of hydrogen-bond donors (Lipinski definition) is 3. The Morgan fingerprint density at radius 1 is 1.03 bits per heavy atom. The summed E-state index contributed by atoms with van der Waals surface area (Å²) in [6.45, 7) is 11.5. The van der Waals surface area contributed by atoms with Crippen LogP contribution in [0.15, 0.2) is 46.5 Å². The fourth-order valence-electron chi connectivity index (χ4n) is 3.36. The lowest BCUT2D eigenvalue weighted by atomic mass is 9.95. The van der Waals surface area contributed by atoms with E-state index in [1.165, 1.54) is 11.8 Å². The lowest BCUT2D eigenvalue weighted by Crippen LogP contribution is -2.44. The van der Waals surface area contributed by atoms with Crippen LogP contribution in [0.25, 0.3) is 0 Å². The molecule has 34 heavy (non-hydrogen) atoms. The van der Waals surface area contributed by atoms with E-state index in [1.54, 1.807) is 0 Å². The summed E-state index contributed by atoms with van der Waals surface area (Å²) in [6, 6.07) is 11.7. The van der Waals surface area contributed by atoms with Gasteiger partial charge in [-0.3, -0.25) is 9.89 Å². The molecule has 1 aliphatic rings. The molecule has 2 aromatic heterocycles. The Labute approximate surface area is 204 Å². The first kappa shape index (κ1) is 24.0. The number of benzene rings is 1. The fourth-order valence-corrected chi connectivity index (χ4v) is 4.13. The minimum atomic E-state index is -0.443. The number of piperazine rings is 1. The van der Waals surface area contributed by atoms with Crippen molar-refractivity contribution < 1.29 is 4.79 Å². The molecule has 3 heterocycles. The number of H-pyrrole nitrogens is 1. The molecule has 0 atom stereocenters. The summed E-state index contributed by atoms with van der Waals surface area (Å²) < 4.78 is 0. The molecule has 1 amide bonds. The minimum Gasteiger partial charge on any atom is -0.354 e. The quantitative estimate of drug-likeness (QED) is 0.453. The lowest BCUT2D eigenvalue weighted by molar-refractivity contribution is -0.123. The van der Waals surface area contributed by atoms with E-state index < -0.39 is 5.41 Å². The number of rotatable bonds is 6. The zero-order valence-corrected chi connectivity index (χ0v) is 21.2. The molecule has 1 aliphatic heterocycles. The number of nitrogens with one attached hydrogen (secondary N) is 3. The highest BCUT2D eigenvalue weighted by atomic mass is 32.2. The van der Waals surface area contributed by atoms with Gasteiger partial charge in [0.15, 0.2) is 11.0 Å². The monoisotopic (exact) mass is 480 g/mol. The van der Waals surface area contributed by atoms with Gasteiger partial charge in [0.05, 0.1) is 0 Å². The molecule has 3 aromatic rings. The van der Waals surface area contributed by atoms with Crippen molar-refractivity contribution in [3.05, 3.63) is 42.1 Å². The molecular formula is C24H32N8OS. The SMILES string of the molecule is Cc1cc(Nc2cc(N3CCN(C)CC3)nc(Sc3ccc(NC(=O)C(C)(C)C)cc3)n2)n[nH]1. The first-order valence-electron chi connectivity index (χ1n) is 11.4. The molecule has 0 aliphatic carbocycles. The van der Waals surface area contributed by atoms with Crippen LogP contribution in [-0.4, -0.2) is 64.2 Å². The molecule has 0 radical (unpaired) electrons. The van der Waals surface area contributed by atoms with E-state index >= 15 is 0 Å². The number of aryl methyl sites for hydroxylation is 1. The van der Waals surface area contributed by atoms with E-state index in [-0.39, 0.29) is 5.91 Å². The summed E-state index contributed by atoms with van der Waals surface area (Å²) in [5, 5.41) is 14.1. The third-order valence-electron chi connectivity index (χ3n) is 5.48. The van der Waals surface area contributed by atoms with Gasteiger partial charge < -0.3 is 20.4 Å². The maximum atomic E-state index is 12.2. The van der Waals surface area contributed by atoms with Gasteiger partial charge in [0.2, 0.25) is 5.91 Å². The second-order valence-corrected chi connectivity index (χ2v) is 10.6. The van der Waals surface area contributed by atoms with E-state index in [0.717, 1.165) is 54.1 Å². The molecule has 1 fully saturated rings. The Kier molecular flexibility index (Phi) is 7.08. The van der Waals surface area contributed by atoms with Gasteiger partial charge in [0, 0.05) is 60.0 Å². The van der Waals surface area contributed by atoms with Gasteiger partial charge in [0.25, 0.3) is 0 Å². The second-order valence-electron chi connectivity index (χ2n) is 9.58. The van der Waals surface area contributed by atoms with Crippen molar-refractivity contribution >= 4 is 40.8 Å². The van der Waals surface area contributed by atoms with Crippen molar-refractivity contribution in [1.82, 2.24) is 25.1 Å². The molecule has 10 heteroatoms. The fraction of sp³-hybridized carbons (Fsp3) is 0.417. The molecule has 1 saturated heterocycles. The van der Waals surface area contributed by atoms with Gasteiger partial charge in [0.1, 0.15) is 11.6 Å². The normalized spacial score (nSPS) is 14.8. The topological polar surface area (TPSA) is 102 Å². The number of carbonyl (C=O) groups excluding carboxylic acids is 1. The van der Waals surface area contributed by atoms with Crippen LogP contribution < -0.4 is 15.5 Å². The van der Waals surface area contributed by atoms with Crippen molar-refractivity contribution in [3.8, 4) is 0 Å². The highest BCUT2D eigenvalue weighted by Gasteiger charge is 2.21. The molecule has 0 spiro atoms. The molecule has 180 valence electrons. The molecule has 0 unspecified atom stereocenters. The molecule has 4 rings (SSSR count). The summed E-state index contributed by atoms with van der Waals surface area (Å²) >= 11 is 1.49. The zero-order chi connectivity index (χ0) is 24.3. The van der Waals surface area contributed by atoms with Gasteiger partial charge in [-0.1, -0.05) is 20.8 Å². The summed E-state index contributed by atoms with van der Waals surface area (Å²) in [4.78, 5) is 27.4. The molecule has 1 aromatic carbocycles. The second kappa shape index (κ2) is 10.0. The number of anilines is 4.